The number of carbonyl (C=O) groups excluding carboxylic acids is 1. The molecule has 19 heavy (non-hydrogen) atoms. The second-order valence-corrected chi connectivity index (χ2v) is 6.25. The fourth-order valence-corrected chi connectivity index (χ4v) is 3.44. The molecule has 110 valence electrons. The third kappa shape index (κ3) is 4.10. The summed E-state index contributed by atoms with van der Waals surface area (Å²) in [6, 6.07) is 0.283. The summed E-state index contributed by atoms with van der Waals surface area (Å²) in [4.78, 5) is 13.9. The van der Waals surface area contributed by atoms with E-state index in [-0.39, 0.29) is 24.7 Å². The second kappa shape index (κ2) is 7.13. The van der Waals surface area contributed by atoms with E-state index in [0.29, 0.717) is 0 Å². The summed E-state index contributed by atoms with van der Waals surface area (Å²) in [5.74, 6) is 0.885. The largest absolute Gasteiger partial charge is 0.394 e. The smallest absolute Gasteiger partial charge is 0.317 e. The highest BCUT2D eigenvalue weighted by molar-refractivity contribution is 5.75. The summed E-state index contributed by atoms with van der Waals surface area (Å²) in [6.45, 7) is 2.97. The number of hydrogen-bond acceptors (Lipinski definition) is 2. The van der Waals surface area contributed by atoms with Crippen molar-refractivity contribution in [1.29, 1.82) is 0 Å². The van der Waals surface area contributed by atoms with Crippen LogP contribution < -0.4 is 5.32 Å². The van der Waals surface area contributed by atoms with Crippen LogP contribution in [0.2, 0.25) is 0 Å². The SMILES string of the molecule is CC(CCC1CCCC1)NC(=O)N1CCCC1CO. The molecule has 0 aromatic carbocycles. The molecule has 2 aliphatic rings. The molecular formula is C15H28N2O2. The van der Waals surface area contributed by atoms with Gasteiger partial charge >= 0.3 is 6.03 Å². The van der Waals surface area contributed by atoms with Gasteiger partial charge in [0.05, 0.1) is 12.6 Å². The number of nitrogens with zero attached hydrogens (tertiary/aromatic N) is 1. The number of amides is 2. The first-order valence-corrected chi connectivity index (χ1v) is 7.88. The van der Waals surface area contributed by atoms with Crippen LogP contribution in [-0.2, 0) is 0 Å². The molecule has 0 bridgehead atoms. The quantitative estimate of drug-likeness (QED) is 0.805. The highest BCUT2D eigenvalue weighted by Crippen LogP contribution is 2.29. The number of hydrogen-bond donors (Lipinski definition) is 2. The standard InChI is InChI=1S/C15H28N2O2/c1-12(8-9-13-5-2-3-6-13)16-15(19)17-10-4-7-14(17)11-18/h12-14,18H,2-11H2,1H3,(H,16,19). The summed E-state index contributed by atoms with van der Waals surface area (Å²) in [7, 11) is 0. The maximum Gasteiger partial charge on any atom is 0.317 e. The number of rotatable bonds is 5. The summed E-state index contributed by atoms with van der Waals surface area (Å²) in [5.41, 5.74) is 0. The van der Waals surface area contributed by atoms with Crippen LogP contribution in [0.25, 0.3) is 0 Å². The van der Waals surface area contributed by atoms with E-state index in [1.165, 1.54) is 32.1 Å². The highest BCUT2D eigenvalue weighted by atomic mass is 16.3. The van der Waals surface area contributed by atoms with Crippen molar-refractivity contribution in [3.8, 4) is 0 Å². The molecule has 2 unspecified atom stereocenters. The van der Waals surface area contributed by atoms with E-state index in [2.05, 4.69) is 12.2 Å². The molecule has 2 fully saturated rings. The molecule has 4 heteroatoms. The lowest BCUT2D eigenvalue weighted by molar-refractivity contribution is 0.154. The fourth-order valence-electron chi connectivity index (χ4n) is 3.44. The van der Waals surface area contributed by atoms with Gasteiger partial charge in [-0.1, -0.05) is 25.7 Å². The van der Waals surface area contributed by atoms with Crippen molar-refractivity contribution < 1.29 is 9.90 Å². The van der Waals surface area contributed by atoms with Gasteiger partial charge in [-0.15, -0.1) is 0 Å². The highest BCUT2D eigenvalue weighted by Gasteiger charge is 2.28. The second-order valence-electron chi connectivity index (χ2n) is 6.25. The Balaban J connectivity index is 1.68. The summed E-state index contributed by atoms with van der Waals surface area (Å²) < 4.78 is 0. The van der Waals surface area contributed by atoms with Gasteiger partial charge < -0.3 is 15.3 Å². The minimum atomic E-state index is 0.00970. The summed E-state index contributed by atoms with van der Waals surface area (Å²) >= 11 is 0. The molecule has 2 amide bonds. The van der Waals surface area contributed by atoms with Crippen LogP contribution in [0.5, 0.6) is 0 Å². The van der Waals surface area contributed by atoms with Crippen LogP contribution in [0.3, 0.4) is 0 Å². The van der Waals surface area contributed by atoms with Crippen molar-refractivity contribution in [2.45, 2.75) is 70.4 Å². The number of carbonyl (C=O) groups is 1. The Morgan fingerprint density at radius 2 is 2.05 bits per heavy atom. The summed E-state index contributed by atoms with van der Waals surface area (Å²) in [5, 5.41) is 12.3. The molecule has 1 saturated heterocycles. The Hall–Kier alpha value is -0.770. The van der Waals surface area contributed by atoms with Gasteiger partial charge in [-0.25, -0.2) is 4.79 Å². The van der Waals surface area contributed by atoms with Crippen molar-refractivity contribution in [2.24, 2.45) is 5.92 Å². The van der Waals surface area contributed by atoms with Crippen molar-refractivity contribution in [3.63, 3.8) is 0 Å². The predicted molar refractivity (Wildman–Crippen MR) is 76.0 cm³/mol. The van der Waals surface area contributed by atoms with Gasteiger partial charge in [0.1, 0.15) is 0 Å². The van der Waals surface area contributed by atoms with E-state index in [0.717, 1.165) is 31.7 Å². The topological polar surface area (TPSA) is 52.6 Å². The van der Waals surface area contributed by atoms with Gasteiger partial charge in [0.25, 0.3) is 0 Å². The fraction of sp³-hybridized carbons (Fsp3) is 0.933. The first kappa shape index (κ1) is 14.6. The van der Waals surface area contributed by atoms with Gasteiger partial charge in [-0.05, 0) is 38.5 Å². The van der Waals surface area contributed by atoms with E-state index in [9.17, 15) is 9.90 Å². The van der Waals surface area contributed by atoms with E-state index < -0.39 is 0 Å². The Labute approximate surface area is 116 Å². The monoisotopic (exact) mass is 268 g/mol. The van der Waals surface area contributed by atoms with Crippen LogP contribution in [-0.4, -0.2) is 41.3 Å². The van der Waals surface area contributed by atoms with Crippen molar-refractivity contribution in [2.75, 3.05) is 13.2 Å². The van der Waals surface area contributed by atoms with Crippen LogP contribution in [0, 0.1) is 5.92 Å². The predicted octanol–water partition coefficient (Wildman–Crippen LogP) is 2.51. The molecule has 0 aromatic heterocycles. The van der Waals surface area contributed by atoms with Crippen molar-refractivity contribution in [3.05, 3.63) is 0 Å². The van der Waals surface area contributed by atoms with Crippen LogP contribution in [0.15, 0.2) is 0 Å². The molecule has 4 nitrogen and oxygen atoms in total. The zero-order valence-electron chi connectivity index (χ0n) is 12.1. The zero-order chi connectivity index (χ0) is 13.7. The van der Waals surface area contributed by atoms with Crippen LogP contribution >= 0.6 is 0 Å². The third-order valence-corrected chi connectivity index (χ3v) is 4.70. The molecule has 1 saturated carbocycles. The normalized spacial score (nSPS) is 25.8. The Morgan fingerprint density at radius 3 is 2.74 bits per heavy atom. The molecule has 0 aromatic rings. The molecule has 1 heterocycles. The Bertz CT molecular complexity index is 290. The lowest BCUT2D eigenvalue weighted by Gasteiger charge is -2.26. The van der Waals surface area contributed by atoms with Gasteiger partial charge in [-0.2, -0.15) is 0 Å². The van der Waals surface area contributed by atoms with E-state index >= 15 is 0 Å². The molecule has 2 atom stereocenters. The minimum absolute atomic E-state index is 0.00970. The Kier molecular flexibility index (Phi) is 5.49. The van der Waals surface area contributed by atoms with Gasteiger partial charge in [-0.3, -0.25) is 0 Å². The van der Waals surface area contributed by atoms with Gasteiger partial charge in [0, 0.05) is 12.6 Å². The van der Waals surface area contributed by atoms with Crippen LogP contribution in [0.4, 0.5) is 4.79 Å². The van der Waals surface area contributed by atoms with Gasteiger partial charge in [0.15, 0.2) is 0 Å². The molecule has 0 spiro atoms. The van der Waals surface area contributed by atoms with Crippen LogP contribution in [0.1, 0.15) is 58.3 Å². The number of nitrogens with one attached hydrogen (secondary N) is 1. The number of likely N-dealkylation sites (tertiary alicyclic amines) is 1. The first-order valence-electron chi connectivity index (χ1n) is 7.88. The van der Waals surface area contributed by atoms with Gasteiger partial charge in [0.2, 0.25) is 0 Å². The zero-order valence-corrected chi connectivity index (χ0v) is 12.1. The minimum Gasteiger partial charge on any atom is -0.394 e. The maximum atomic E-state index is 12.1. The molecule has 2 rings (SSSR count). The number of urea groups is 1. The van der Waals surface area contributed by atoms with E-state index in [1.807, 2.05) is 0 Å². The Morgan fingerprint density at radius 1 is 1.32 bits per heavy atom. The average molecular weight is 268 g/mol. The van der Waals surface area contributed by atoms with E-state index in [1.54, 1.807) is 4.90 Å². The molecule has 1 aliphatic heterocycles. The maximum absolute atomic E-state index is 12.1. The lowest BCUT2D eigenvalue weighted by Crippen LogP contribution is -2.47. The number of aliphatic hydroxyl groups is 1. The molecule has 2 N–H and O–H groups in total. The van der Waals surface area contributed by atoms with Crippen molar-refractivity contribution >= 4 is 6.03 Å². The summed E-state index contributed by atoms with van der Waals surface area (Å²) in [6.07, 6.45) is 9.78. The third-order valence-electron chi connectivity index (χ3n) is 4.70. The molecule has 0 radical (unpaired) electrons. The number of aliphatic hydroxyl groups excluding tert-OH is 1. The first-order chi connectivity index (χ1) is 9.20. The van der Waals surface area contributed by atoms with E-state index in [4.69, 9.17) is 0 Å². The lowest BCUT2D eigenvalue weighted by atomic mass is 9.99. The van der Waals surface area contributed by atoms with Crippen molar-refractivity contribution in [1.82, 2.24) is 10.2 Å². The molecule has 1 aliphatic carbocycles. The molecular weight excluding hydrogens is 240 g/mol. The average Bonchev–Trinajstić information content (AvgIpc) is 3.07.